The van der Waals surface area contributed by atoms with E-state index in [0.717, 1.165) is 10.6 Å². The predicted octanol–water partition coefficient (Wildman–Crippen LogP) is 2.65. The monoisotopic (exact) mass is 491 g/mol. The summed E-state index contributed by atoms with van der Waals surface area (Å²) >= 11 is 1.40. The highest BCUT2D eigenvalue weighted by molar-refractivity contribution is 7.13. The van der Waals surface area contributed by atoms with Crippen LogP contribution in [0.25, 0.3) is 10.6 Å². The minimum absolute atomic E-state index is 0.0327. The number of ether oxygens (including phenoxy) is 4. The number of piperidine rings is 1. The van der Waals surface area contributed by atoms with Crippen LogP contribution in [0.5, 0.6) is 11.5 Å². The van der Waals surface area contributed by atoms with Gasteiger partial charge in [-0.1, -0.05) is 0 Å². The molecule has 0 atom stereocenters. The van der Waals surface area contributed by atoms with Crippen LogP contribution < -0.4 is 14.8 Å². The second-order valence-electron chi connectivity index (χ2n) is 7.58. The number of hydrogen-bond donors (Lipinski definition) is 1. The maximum atomic E-state index is 12.2. The van der Waals surface area contributed by atoms with E-state index in [1.54, 1.807) is 37.5 Å². The SMILES string of the molecule is CCOC(=O)N1CCC(NC(=O)COC(=O)Cc2csc(-c3ccc(OC)c(OC)c3)n2)CC1. The first-order valence-corrected chi connectivity index (χ1v) is 11.8. The molecule has 1 N–H and O–H groups in total. The Morgan fingerprint density at radius 2 is 1.85 bits per heavy atom. The van der Waals surface area contributed by atoms with E-state index in [4.69, 9.17) is 18.9 Å². The number of likely N-dealkylation sites (tertiary alicyclic amines) is 1. The molecule has 184 valence electrons. The summed E-state index contributed by atoms with van der Waals surface area (Å²) in [5.74, 6) is 0.312. The van der Waals surface area contributed by atoms with Crippen molar-refractivity contribution in [3.63, 3.8) is 0 Å². The molecular weight excluding hydrogens is 462 g/mol. The Morgan fingerprint density at radius 1 is 1.12 bits per heavy atom. The number of carbonyl (C=O) groups is 3. The number of hydrogen-bond acceptors (Lipinski definition) is 9. The molecule has 1 aliphatic rings. The maximum absolute atomic E-state index is 12.2. The van der Waals surface area contributed by atoms with Gasteiger partial charge < -0.3 is 29.2 Å². The standard InChI is InChI=1S/C23H29N3O7S/c1-4-32-23(29)26-9-7-16(8-10-26)24-20(27)13-33-21(28)12-17-14-34-22(25-17)15-5-6-18(30-2)19(11-15)31-3/h5-6,11,14,16H,4,7-10,12-13H2,1-3H3,(H,24,27). The average molecular weight is 492 g/mol. The molecule has 2 aromatic rings. The van der Waals surface area contributed by atoms with Crippen molar-refractivity contribution in [3.05, 3.63) is 29.3 Å². The minimum Gasteiger partial charge on any atom is -0.493 e. The number of aromatic nitrogens is 1. The molecule has 1 aromatic heterocycles. The third-order valence-corrected chi connectivity index (χ3v) is 6.20. The first kappa shape index (κ1) is 25.3. The topological polar surface area (TPSA) is 116 Å². The lowest BCUT2D eigenvalue weighted by atomic mass is 10.1. The Bertz CT molecular complexity index is 1000. The average Bonchev–Trinajstić information content (AvgIpc) is 3.31. The van der Waals surface area contributed by atoms with Gasteiger partial charge in [0.2, 0.25) is 0 Å². The van der Waals surface area contributed by atoms with E-state index in [1.165, 1.54) is 11.3 Å². The number of benzene rings is 1. The molecule has 0 aliphatic carbocycles. The number of nitrogens with one attached hydrogen (secondary N) is 1. The number of amides is 2. The van der Waals surface area contributed by atoms with E-state index in [-0.39, 0.29) is 31.1 Å². The molecule has 2 amide bonds. The highest BCUT2D eigenvalue weighted by Crippen LogP contribution is 2.33. The predicted molar refractivity (Wildman–Crippen MR) is 125 cm³/mol. The number of carbonyl (C=O) groups excluding carboxylic acids is 3. The Balaban J connectivity index is 1.42. The summed E-state index contributed by atoms with van der Waals surface area (Å²) < 4.78 is 20.7. The van der Waals surface area contributed by atoms with Gasteiger partial charge in [0.1, 0.15) is 5.01 Å². The van der Waals surface area contributed by atoms with Crippen LogP contribution in [-0.4, -0.2) is 74.4 Å². The van der Waals surface area contributed by atoms with Gasteiger partial charge in [0.05, 0.1) is 32.9 Å². The van der Waals surface area contributed by atoms with Crippen LogP contribution in [0.3, 0.4) is 0 Å². The molecule has 10 nitrogen and oxygen atoms in total. The molecule has 0 bridgehead atoms. The molecule has 0 saturated carbocycles. The van der Waals surface area contributed by atoms with E-state index in [1.807, 2.05) is 12.1 Å². The fourth-order valence-electron chi connectivity index (χ4n) is 3.53. The van der Waals surface area contributed by atoms with Crippen molar-refractivity contribution in [2.45, 2.75) is 32.2 Å². The molecule has 1 saturated heterocycles. The maximum Gasteiger partial charge on any atom is 0.409 e. The Kier molecular flexibility index (Phi) is 9.08. The lowest BCUT2D eigenvalue weighted by Gasteiger charge is -2.31. The minimum atomic E-state index is -0.531. The third-order valence-electron chi connectivity index (χ3n) is 5.26. The molecule has 3 rings (SSSR count). The first-order chi connectivity index (χ1) is 16.4. The Morgan fingerprint density at radius 3 is 2.53 bits per heavy atom. The number of nitrogens with zero attached hydrogens (tertiary/aromatic N) is 2. The lowest BCUT2D eigenvalue weighted by Crippen LogP contribution is -2.47. The van der Waals surface area contributed by atoms with Gasteiger partial charge in [-0.05, 0) is 38.0 Å². The van der Waals surface area contributed by atoms with Crippen LogP contribution in [-0.2, 0) is 25.5 Å². The summed E-state index contributed by atoms with van der Waals surface area (Å²) in [6.07, 6.45) is 0.874. The van der Waals surface area contributed by atoms with E-state index < -0.39 is 5.97 Å². The van der Waals surface area contributed by atoms with Gasteiger partial charge >= 0.3 is 12.1 Å². The van der Waals surface area contributed by atoms with Gasteiger partial charge in [0.25, 0.3) is 5.91 Å². The van der Waals surface area contributed by atoms with Crippen LogP contribution in [0.15, 0.2) is 23.6 Å². The Hall–Kier alpha value is -3.34. The molecule has 0 unspecified atom stereocenters. The van der Waals surface area contributed by atoms with Crippen molar-refractivity contribution < 1.29 is 33.3 Å². The zero-order valence-electron chi connectivity index (χ0n) is 19.5. The summed E-state index contributed by atoms with van der Waals surface area (Å²) in [5, 5.41) is 5.36. The number of thiazole rings is 1. The van der Waals surface area contributed by atoms with Gasteiger partial charge in [-0.25, -0.2) is 9.78 Å². The van der Waals surface area contributed by atoms with Crippen LogP contribution in [0.4, 0.5) is 4.79 Å². The molecule has 1 aromatic carbocycles. The molecule has 2 heterocycles. The van der Waals surface area contributed by atoms with E-state index in [0.29, 0.717) is 49.7 Å². The summed E-state index contributed by atoms with van der Waals surface area (Å²) in [6, 6.07) is 5.41. The number of rotatable bonds is 9. The van der Waals surface area contributed by atoms with E-state index in [9.17, 15) is 14.4 Å². The van der Waals surface area contributed by atoms with Gasteiger partial charge in [0, 0.05) is 30.1 Å². The fourth-order valence-corrected chi connectivity index (χ4v) is 4.34. The Labute approximate surface area is 202 Å². The van der Waals surface area contributed by atoms with Crippen LogP contribution in [0, 0.1) is 0 Å². The fraction of sp³-hybridized carbons (Fsp3) is 0.478. The van der Waals surface area contributed by atoms with E-state index in [2.05, 4.69) is 10.3 Å². The summed E-state index contributed by atoms with van der Waals surface area (Å²) in [6.45, 7) is 2.76. The van der Waals surface area contributed by atoms with Crippen molar-refractivity contribution in [3.8, 4) is 22.1 Å². The van der Waals surface area contributed by atoms with Crippen molar-refractivity contribution in [2.75, 3.05) is 40.5 Å². The quantitative estimate of drug-likeness (QED) is 0.532. The van der Waals surface area contributed by atoms with Crippen molar-refractivity contribution in [1.82, 2.24) is 15.2 Å². The molecule has 1 aliphatic heterocycles. The highest BCUT2D eigenvalue weighted by Gasteiger charge is 2.24. The number of methoxy groups -OCH3 is 2. The van der Waals surface area contributed by atoms with Gasteiger partial charge in [-0.2, -0.15) is 0 Å². The number of esters is 1. The smallest absolute Gasteiger partial charge is 0.409 e. The zero-order valence-corrected chi connectivity index (χ0v) is 20.3. The molecule has 1 fully saturated rings. The first-order valence-electron chi connectivity index (χ1n) is 11.0. The van der Waals surface area contributed by atoms with Crippen LogP contribution in [0.1, 0.15) is 25.5 Å². The van der Waals surface area contributed by atoms with Crippen molar-refractivity contribution in [2.24, 2.45) is 0 Å². The summed E-state index contributed by atoms with van der Waals surface area (Å²) in [5.41, 5.74) is 1.40. The van der Waals surface area contributed by atoms with Crippen LogP contribution in [0.2, 0.25) is 0 Å². The van der Waals surface area contributed by atoms with Gasteiger partial charge in [-0.3, -0.25) is 9.59 Å². The molecule has 0 radical (unpaired) electrons. The van der Waals surface area contributed by atoms with Gasteiger partial charge in [-0.15, -0.1) is 11.3 Å². The summed E-state index contributed by atoms with van der Waals surface area (Å²) in [7, 11) is 3.13. The lowest BCUT2D eigenvalue weighted by molar-refractivity contribution is -0.148. The van der Waals surface area contributed by atoms with Crippen LogP contribution >= 0.6 is 11.3 Å². The second-order valence-corrected chi connectivity index (χ2v) is 8.44. The third kappa shape index (κ3) is 6.83. The molecule has 34 heavy (non-hydrogen) atoms. The van der Waals surface area contributed by atoms with E-state index >= 15 is 0 Å². The molecule has 0 spiro atoms. The van der Waals surface area contributed by atoms with Gasteiger partial charge in [0.15, 0.2) is 18.1 Å². The normalized spacial score (nSPS) is 13.8. The molecule has 11 heteroatoms. The van der Waals surface area contributed by atoms with Crippen molar-refractivity contribution in [1.29, 1.82) is 0 Å². The molecular formula is C23H29N3O7S. The largest absolute Gasteiger partial charge is 0.493 e. The van der Waals surface area contributed by atoms with Crippen molar-refractivity contribution >= 4 is 29.3 Å². The second kappa shape index (κ2) is 12.2. The highest BCUT2D eigenvalue weighted by atomic mass is 32.1. The summed E-state index contributed by atoms with van der Waals surface area (Å²) in [4.78, 5) is 42.2. The zero-order chi connectivity index (χ0) is 24.5.